The second kappa shape index (κ2) is 5.73. The number of rotatable bonds is 4. The summed E-state index contributed by atoms with van der Waals surface area (Å²) in [6, 6.07) is 6.29. The van der Waals surface area contributed by atoms with Crippen molar-refractivity contribution in [1.29, 1.82) is 0 Å². The first kappa shape index (κ1) is 14.0. The van der Waals surface area contributed by atoms with E-state index in [0.717, 1.165) is 12.1 Å². The van der Waals surface area contributed by atoms with E-state index < -0.39 is 17.6 Å². The van der Waals surface area contributed by atoms with E-state index in [-0.39, 0.29) is 11.8 Å². The van der Waals surface area contributed by atoms with Crippen LogP contribution in [0, 0.1) is 11.6 Å². The molecule has 0 saturated carbocycles. The minimum atomic E-state index is -0.933. The zero-order chi connectivity index (χ0) is 14.7. The van der Waals surface area contributed by atoms with Crippen LogP contribution in [0.25, 0.3) is 0 Å². The molecule has 1 heterocycles. The van der Waals surface area contributed by atoms with Crippen molar-refractivity contribution in [2.24, 2.45) is 0 Å². The average Bonchev–Trinajstić information content (AvgIpc) is 2.92. The van der Waals surface area contributed by atoms with Crippen LogP contribution < -0.4 is 5.32 Å². The minimum Gasteiger partial charge on any atom is -0.463 e. The fourth-order valence-corrected chi connectivity index (χ4v) is 1.70. The summed E-state index contributed by atoms with van der Waals surface area (Å²) in [4.78, 5) is 11.3. The molecule has 1 aromatic heterocycles. The van der Waals surface area contributed by atoms with Gasteiger partial charge in [-0.1, -0.05) is 0 Å². The number of carbonyl (C=O) groups excluding carboxylic acids is 1. The quantitative estimate of drug-likeness (QED) is 0.871. The second-order valence-electron chi connectivity index (χ2n) is 4.19. The highest BCUT2D eigenvalue weighted by Gasteiger charge is 2.15. The lowest BCUT2D eigenvalue weighted by molar-refractivity contribution is 0.0562. The largest absolute Gasteiger partial charge is 0.463 e. The molecule has 4 nitrogen and oxygen atoms in total. The van der Waals surface area contributed by atoms with E-state index in [0.29, 0.717) is 11.4 Å². The number of furan rings is 1. The van der Waals surface area contributed by atoms with E-state index in [9.17, 15) is 13.6 Å². The third-order valence-electron chi connectivity index (χ3n) is 2.74. The number of halogens is 2. The molecule has 20 heavy (non-hydrogen) atoms. The van der Waals surface area contributed by atoms with Gasteiger partial charge >= 0.3 is 5.97 Å². The summed E-state index contributed by atoms with van der Waals surface area (Å²) in [7, 11) is 1.26. The molecule has 2 aromatic rings. The normalized spacial score (nSPS) is 12.0. The van der Waals surface area contributed by atoms with E-state index in [1.807, 2.05) is 0 Å². The first-order chi connectivity index (χ1) is 9.51. The van der Waals surface area contributed by atoms with Crippen molar-refractivity contribution in [3.05, 3.63) is 53.5 Å². The van der Waals surface area contributed by atoms with Crippen LogP contribution >= 0.6 is 0 Å². The first-order valence-electron chi connectivity index (χ1n) is 5.91. The SMILES string of the molecule is COC(=O)c1ccc(C(C)Nc2ccc(F)c(F)c2)o1. The first-order valence-corrected chi connectivity index (χ1v) is 5.91. The second-order valence-corrected chi connectivity index (χ2v) is 4.19. The van der Waals surface area contributed by atoms with Crippen molar-refractivity contribution in [3.8, 4) is 0 Å². The van der Waals surface area contributed by atoms with Gasteiger partial charge in [-0.05, 0) is 31.2 Å². The molecule has 0 amide bonds. The van der Waals surface area contributed by atoms with Crippen molar-refractivity contribution in [3.63, 3.8) is 0 Å². The smallest absolute Gasteiger partial charge is 0.373 e. The third-order valence-corrected chi connectivity index (χ3v) is 2.74. The van der Waals surface area contributed by atoms with E-state index in [4.69, 9.17) is 4.42 Å². The van der Waals surface area contributed by atoms with Crippen LogP contribution in [0.1, 0.15) is 29.3 Å². The molecule has 0 aliphatic rings. The maximum absolute atomic E-state index is 13.1. The van der Waals surface area contributed by atoms with Gasteiger partial charge in [0.2, 0.25) is 5.76 Å². The van der Waals surface area contributed by atoms with Gasteiger partial charge in [0.05, 0.1) is 13.2 Å². The van der Waals surface area contributed by atoms with Gasteiger partial charge in [0, 0.05) is 11.8 Å². The molecule has 1 atom stereocenters. The van der Waals surface area contributed by atoms with Crippen LogP contribution in [-0.2, 0) is 4.74 Å². The number of methoxy groups -OCH3 is 1. The van der Waals surface area contributed by atoms with Crippen LogP contribution in [0.5, 0.6) is 0 Å². The molecule has 0 aliphatic carbocycles. The summed E-state index contributed by atoms with van der Waals surface area (Å²) in [5.41, 5.74) is 0.410. The lowest BCUT2D eigenvalue weighted by atomic mass is 10.2. The number of carbonyl (C=O) groups is 1. The lowest BCUT2D eigenvalue weighted by Crippen LogP contribution is -2.06. The number of nitrogens with one attached hydrogen (secondary N) is 1. The molecule has 0 radical (unpaired) electrons. The van der Waals surface area contributed by atoms with Gasteiger partial charge in [-0.15, -0.1) is 0 Å². The summed E-state index contributed by atoms with van der Waals surface area (Å²) >= 11 is 0. The Balaban J connectivity index is 2.11. The van der Waals surface area contributed by atoms with Gasteiger partial charge in [0.15, 0.2) is 11.6 Å². The Kier molecular flexibility index (Phi) is 4.02. The zero-order valence-corrected chi connectivity index (χ0v) is 10.9. The molecule has 2 rings (SSSR count). The summed E-state index contributed by atoms with van der Waals surface area (Å²) in [5.74, 6) is -1.85. The molecule has 0 saturated heterocycles. The van der Waals surface area contributed by atoms with Gasteiger partial charge < -0.3 is 14.5 Å². The standard InChI is InChI=1S/C14H13F2NO3/c1-8(12-5-6-13(20-12)14(18)19-2)17-9-3-4-10(15)11(16)7-9/h3-8,17H,1-2H3. The topological polar surface area (TPSA) is 51.5 Å². The van der Waals surface area contributed by atoms with Gasteiger partial charge in [0.1, 0.15) is 5.76 Å². The number of esters is 1. The van der Waals surface area contributed by atoms with E-state index >= 15 is 0 Å². The molecular formula is C14H13F2NO3. The van der Waals surface area contributed by atoms with Gasteiger partial charge in [-0.25, -0.2) is 13.6 Å². The van der Waals surface area contributed by atoms with Crippen LogP contribution in [0.2, 0.25) is 0 Å². The molecule has 106 valence electrons. The molecule has 0 spiro atoms. The van der Waals surface area contributed by atoms with Crippen LogP contribution in [0.3, 0.4) is 0 Å². The van der Waals surface area contributed by atoms with Crippen molar-refractivity contribution in [1.82, 2.24) is 0 Å². The van der Waals surface area contributed by atoms with E-state index in [1.165, 1.54) is 19.2 Å². The summed E-state index contributed by atoms with van der Waals surface area (Å²) < 4.78 is 35.8. The van der Waals surface area contributed by atoms with Crippen molar-refractivity contribution >= 4 is 11.7 Å². The van der Waals surface area contributed by atoms with Gasteiger partial charge in [0.25, 0.3) is 0 Å². The Bertz CT molecular complexity index is 625. The van der Waals surface area contributed by atoms with Crippen molar-refractivity contribution < 1.29 is 22.7 Å². The molecular weight excluding hydrogens is 268 g/mol. The molecule has 1 aromatic carbocycles. The lowest BCUT2D eigenvalue weighted by Gasteiger charge is -2.13. The van der Waals surface area contributed by atoms with Crippen LogP contribution in [0.15, 0.2) is 34.7 Å². The molecule has 0 fully saturated rings. The number of hydrogen-bond donors (Lipinski definition) is 1. The summed E-state index contributed by atoms with van der Waals surface area (Å²) in [6.07, 6.45) is 0. The van der Waals surface area contributed by atoms with Gasteiger partial charge in [-0.2, -0.15) is 0 Å². The van der Waals surface area contributed by atoms with Gasteiger partial charge in [-0.3, -0.25) is 0 Å². The Morgan fingerprint density at radius 3 is 2.65 bits per heavy atom. The Labute approximate surface area is 114 Å². The maximum atomic E-state index is 13.1. The Morgan fingerprint density at radius 1 is 1.25 bits per heavy atom. The number of anilines is 1. The Hall–Kier alpha value is -2.37. The maximum Gasteiger partial charge on any atom is 0.373 e. The predicted molar refractivity (Wildman–Crippen MR) is 68.4 cm³/mol. The fourth-order valence-electron chi connectivity index (χ4n) is 1.70. The van der Waals surface area contributed by atoms with Crippen molar-refractivity contribution in [2.75, 3.05) is 12.4 Å². The molecule has 1 N–H and O–H groups in total. The molecule has 0 bridgehead atoms. The van der Waals surface area contributed by atoms with Crippen LogP contribution in [-0.4, -0.2) is 13.1 Å². The highest BCUT2D eigenvalue weighted by Crippen LogP contribution is 2.22. The number of ether oxygens (including phenoxy) is 1. The van der Waals surface area contributed by atoms with E-state index in [2.05, 4.69) is 10.1 Å². The fraction of sp³-hybridized carbons (Fsp3) is 0.214. The molecule has 0 aliphatic heterocycles. The van der Waals surface area contributed by atoms with Crippen molar-refractivity contribution in [2.45, 2.75) is 13.0 Å². The highest BCUT2D eigenvalue weighted by molar-refractivity contribution is 5.86. The summed E-state index contributed by atoms with van der Waals surface area (Å²) in [5, 5.41) is 2.94. The minimum absolute atomic E-state index is 0.0847. The predicted octanol–water partition coefficient (Wildman–Crippen LogP) is 3.52. The van der Waals surface area contributed by atoms with Crippen LogP contribution in [0.4, 0.5) is 14.5 Å². The third kappa shape index (κ3) is 2.96. The molecule has 1 unspecified atom stereocenters. The zero-order valence-electron chi connectivity index (χ0n) is 10.9. The Morgan fingerprint density at radius 2 is 2.00 bits per heavy atom. The summed E-state index contributed by atoms with van der Waals surface area (Å²) in [6.45, 7) is 1.77. The number of benzene rings is 1. The number of hydrogen-bond acceptors (Lipinski definition) is 4. The molecule has 6 heteroatoms. The highest BCUT2D eigenvalue weighted by atomic mass is 19.2. The average molecular weight is 281 g/mol. The monoisotopic (exact) mass is 281 g/mol. The van der Waals surface area contributed by atoms with E-state index in [1.54, 1.807) is 13.0 Å².